The van der Waals surface area contributed by atoms with Gasteiger partial charge in [0.1, 0.15) is 5.82 Å². The Morgan fingerprint density at radius 1 is 1.33 bits per heavy atom. The van der Waals surface area contributed by atoms with Crippen molar-refractivity contribution in [2.75, 3.05) is 17.2 Å². The van der Waals surface area contributed by atoms with Crippen LogP contribution in [0.4, 0.5) is 17.5 Å². The van der Waals surface area contributed by atoms with Crippen LogP contribution in [0.1, 0.15) is 12.5 Å². The third-order valence-corrected chi connectivity index (χ3v) is 2.89. The molecule has 2 rings (SSSR count). The van der Waals surface area contributed by atoms with E-state index in [0.717, 1.165) is 28.1 Å². The van der Waals surface area contributed by atoms with E-state index in [-0.39, 0.29) is 0 Å². The fraction of sp³-hybridized carbons (Fsp3) is 0.231. The van der Waals surface area contributed by atoms with Crippen LogP contribution >= 0.6 is 15.9 Å². The zero-order chi connectivity index (χ0) is 13.0. The van der Waals surface area contributed by atoms with Gasteiger partial charge in [-0.1, -0.05) is 22.0 Å². The number of anilines is 3. The summed E-state index contributed by atoms with van der Waals surface area (Å²) < 4.78 is 1.03. The first-order valence-corrected chi connectivity index (χ1v) is 6.58. The van der Waals surface area contributed by atoms with Gasteiger partial charge in [0, 0.05) is 28.5 Å². The minimum absolute atomic E-state index is 0.639. The van der Waals surface area contributed by atoms with E-state index in [0.29, 0.717) is 5.95 Å². The van der Waals surface area contributed by atoms with Crippen LogP contribution in [0.2, 0.25) is 0 Å². The first-order chi connectivity index (χ1) is 8.69. The summed E-state index contributed by atoms with van der Waals surface area (Å²) in [6, 6.07) is 7.98. The summed E-state index contributed by atoms with van der Waals surface area (Å²) >= 11 is 3.45. The molecule has 2 N–H and O–H groups in total. The monoisotopic (exact) mass is 306 g/mol. The second kappa shape index (κ2) is 5.82. The fourth-order valence-corrected chi connectivity index (χ4v) is 1.91. The number of aryl methyl sites for hydroxylation is 1. The average Bonchev–Trinajstić information content (AvgIpc) is 2.34. The van der Waals surface area contributed by atoms with Gasteiger partial charge in [0.25, 0.3) is 0 Å². The van der Waals surface area contributed by atoms with E-state index in [9.17, 15) is 0 Å². The van der Waals surface area contributed by atoms with Gasteiger partial charge >= 0.3 is 0 Å². The maximum Gasteiger partial charge on any atom is 0.224 e. The average molecular weight is 307 g/mol. The topological polar surface area (TPSA) is 49.8 Å². The van der Waals surface area contributed by atoms with Crippen molar-refractivity contribution in [3.8, 4) is 0 Å². The Bertz CT molecular complexity index is 542. The Balaban J connectivity index is 2.25. The Kier molecular flexibility index (Phi) is 4.15. The highest BCUT2D eigenvalue weighted by Crippen LogP contribution is 2.21. The zero-order valence-corrected chi connectivity index (χ0v) is 12.0. The van der Waals surface area contributed by atoms with E-state index in [2.05, 4.69) is 36.5 Å². The molecule has 0 amide bonds. The lowest BCUT2D eigenvalue weighted by molar-refractivity contribution is 1.07. The third-order valence-electron chi connectivity index (χ3n) is 2.39. The van der Waals surface area contributed by atoms with Crippen molar-refractivity contribution in [3.63, 3.8) is 0 Å². The minimum Gasteiger partial charge on any atom is -0.354 e. The van der Waals surface area contributed by atoms with Gasteiger partial charge in [-0.3, -0.25) is 0 Å². The van der Waals surface area contributed by atoms with Crippen LogP contribution in [-0.2, 0) is 0 Å². The summed E-state index contributed by atoms with van der Waals surface area (Å²) in [4.78, 5) is 8.65. The molecule has 0 atom stereocenters. The maximum atomic E-state index is 4.44. The Hall–Kier alpha value is -1.62. The van der Waals surface area contributed by atoms with Crippen LogP contribution in [0.25, 0.3) is 0 Å². The number of rotatable bonds is 4. The molecule has 0 aliphatic heterocycles. The molecule has 1 aromatic carbocycles. The highest BCUT2D eigenvalue weighted by molar-refractivity contribution is 9.10. The summed E-state index contributed by atoms with van der Waals surface area (Å²) in [6.07, 6.45) is 1.81. The maximum absolute atomic E-state index is 4.44. The lowest BCUT2D eigenvalue weighted by Gasteiger charge is -2.10. The number of hydrogen-bond donors (Lipinski definition) is 2. The largest absolute Gasteiger partial charge is 0.354 e. The molecule has 0 saturated heterocycles. The van der Waals surface area contributed by atoms with Crippen molar-refractivity contribution in [2.45, 2.75) is 13.8 Å². The summed E-state index contributed by atoms with van der Waals surface area (Å²) in [5.41, 5.74) is 2.00. The smallest absolute Gasteiger partial charge is 0.224 e. The molecular formula is C13H15BrN4. The molecule has 1 heterocycles. The van der Waals surface area contributed by atoms with Gasteiger partial charge in [-0.05, 0) is 32.0 Å². The van der Waals surface area contributed by atoms with Crippen molar-refractivity contribution < 1.29 is 0 Å². The van der Waals surface area contributed by atoms with Crippen LogP contribution in [0, 0.1) is 6.92 Å². The van der Waals surface area contributed by atoms with E-state index < -0.39 is 0 Å². The molecule has 5 heteroatoms. The van der Waals surface area contributed by atoms with Gasteiger partial charge in [0.2, 0.25) is 5.95 Å². The summed E-state index contributed by atoms with van der Waals surface area (Å²) in [5.74, 6) is 1.46. The number of nitrogens with zero attached hydrogens (tertiary/aromatic N) is 2. The van der Waals surface area contributed by atoms with Crippen molar-refractivity contribution in [1.29, 1.82) is 0 Å². The van der Waals surface area contributed by atoms with Crippen molar-refractivity contribution in [2.24, 2.45) is 0 Å². The van der Waals surface area contributed by atoms with Crippen molar-refractivity contribution >= 4 is 33.4 Å². The van der Waals surface area contributed by atoms with Gasteiger partial charge in [-0.25, -0.2) is 4.98 Å². The summed E-state index contributed by atoms with van der Waals surface area (Å²) in [7, 11) is 0. The normalized spacial score (nSPS) is 10.2. The predicted octanol–water partition coefficient (Wildman–Crippen LogP) is 3.72. The third kappa shape index (κ3) is 3.20. The molecule has 0 fully saturated rings. The number of aromatic nitrogens is 2. The molecule has 0 bridgehead atoms. The Labute approximate surface area is 115 Å². The van der Waals surface area contributed by atoms with Gasteiger partial charge in [0.15, 0.2) is 0 Å². The number of halogens is 1. The quantitative estimate of drug-likeness (QED) is 0.904. The van der Waals surface area contributed by atoms with E-state index >= 15 is 0 Å². The lowest BCUT2D eigenvalue weighted by Crippen LogP contribution is -2.05. The standard InChI is InChI=1S/C13H15BrN4/c1-3-15-13-16-8-9(2)12(18-13)17-11-6-4-5-10(14)7-11/h4-8H,3H2,1-2H3,(H2,15,16,17,18). The highest BCUT2D eigenvalue weighted by Gasteiger charge is 2.04. The van der Waals surface area contributed by atoms with E-state index in [4.69, 9.17) is 0 Å². The Morgan fingerprint density at radius 3 is 2.89 bits per heavy atom. The Morgan fingerprint density at radius 2 is 2.17 bits per heavy atom. The second-order valence-corrected chi connectivity index (χ2v) is 4.81. The number of nitrogens with one attached hydrogen (secondary N) is 2. The highest BCUT2D eigenvalue weighted by atomic mass is 79.9. The lowest BCUT2D eigenvalue weighted by atomic mass is 10.3. The summed E-state index contributed by atoms with van der Waals surface area (Å²) in [6.45, 7) is 4.81. The molecular weight excluding hydrogens is 292 g/mol. The SMILES string of the molecule is CCNc1ncc(C)c(Nc2cccc(Br)c2)n1. The number of hydrogen-bond acceptors (Lipinski definition) is 4. The van der Waals surface area contributed by atoms with E-state index in [1.165, 1.54) is 0 Å². The molecule has 18 heavy (non-hydrogen) atoms. The van der Waals surface area contributed by atoms with Crippen LogP contribution in [-0.4, -0.2) is 16.5 Å². The number of benzene rings is 1. The molecule has 0 radical (unpaired) electrons. The molecule has 0 spiro atoms. The van der Waals surface area contributed by atoms with E-state index in [1.54, 1.807) is 0 Å². The van der Waals surface area contributed by atoms with Gasteiger partial charge < -0.3 is 10.6 Å². The minimum atomic E-state index is 0.639. The van der Waals surface area contributed by atoms with Crippen LogP contribution in [0.5, 0.6) is 0 Å². The molecule has 0 saturated carbocycles. The van der Waals surface area contributed by atoms with Gasteiger partial charge in [0.05, 0.1) is 0 Å². The zero-order valence-electron chi connectivity index (χ0n) is 10.4. The first-order valence-electron chi connectivity index (χ1n) is 5.79. The van der Waals surface area contributed by atoms with E-state index in [1.807, 2.05) is 44.3 Å². The predicted molar refractivity (Wildman–Crippen MR) is 78.4 cm³/mol. The first kappa shape index (κ1) is 12.8. The second-order valence-electron chi connectivity index (χ2n) is 3.89. The van der Waals surface area contributed by atoms with Crippen LogP contribution in [0.15, 0.2) is 34.9 Å². The van der Waals surface area contributed by atoms with Crippen molar-refractivity contribution in [1.82, 2.24) is 9.97 Å². The summed E-state index contributed by atoms with van der Waals surface area (Å²) in [5, 5.41) is 6.39. The molecule has 2 aromatic rings. The van der Waals surface area contributed by atoms with Crippen LogP contribution in [0.3, 0.4) is 0 Å². The molecule has 1 aromatic heterocycles. The molecule has 94 valence electrons. The van der Waals surface area contributed by atoms with Gasteiger partial charge in [-0.15, -0.1) is 0 Å². The fourth-order valence-electron chi connectivity index (χ4n) is 1.51. The van der Waals surface area contributed by atoms with Gasteiger partial charge in [-0.2, -0.15) is 4.98 Å². The van der Waals surface area contributed by atoms with Crippen molar-refractivity contribution in [3.05, 3.63) is 40.5 Å². The molecule has 0 aliphatic carbocycles. The molecule has 4 nitrogen and oxygen atoms in total. The van der Waals surface area contributed by atoms with Crippen LogP contribution < -0.4 is 10.6 Å². The molecule has 0 aliphatic rings. The molecule has 0 unspecified atom stereocenters.